The van der Waals surface area contributed by atoms with Crippen LogP contribution in [0.15, 0.2) is 24.3 Å². The van der Waals surface area contributed by atoms with E-state index in [1.165, 1.54) is 0 Å². The summed E-state index contributed by atoms with van der Waals surface area (Å²) in [5.41, 5.74) is 6.46. The SMILES string of the molecule is CC(C)(C)CCC(=O)Nc1ccccc1C(=O)NCCN. The molecule has 0 aliphatic heterocycles. The van der Waals surface area contributed by atoms with E-state index in [9.17, 15) is 9.59 Å². The minimum Gasteiger partial charge on any atom is -0.351 e. The summed E-state index contributed by atoms with van der Waals surface area (Å²) in [7, 11) is 0. The van der Waals surface area contributed by atoms with E-state index in [1.54, 1.807) is 24.3 Å². The average Bonchev–Trinajstić information content (AvgIpc) is 2.42. The van der Waals surface area contributed by atoms with Gasteiger partial charge in [-0.1, -0.05) is 32.9 Å². The smallest absolute Gasteiger partial charge is 0.253 e. The van der Waals surface area contributed by atoms with Crippen molar-refractivity contribution >= 4 is 17.5 Å². The predicted octanol–water partition coefficient (Wildman–Crippen LogP) is 2.14. The highest BCUT2D eigenvalue weighted by Crippen LogP contribution is 2.21. The zero-order valence-corrected chi connectivity index (χ0v) is 13.0. The van der Waals surface area contributed by atoms with E-state index in [0.29, 0.717) is 30.8 Å². The van der Waals surface area contributed by atoms with E-state index in [4.69, 9.17) is 5.73 Å². The maximum Gasteiger partial charge on any atom is 0.253 e. The molecule has 0 saturated heterocycles. The second-order valence-corrected chi connectivity index (χ2v) is 6.20. The molecule has 0 saturated carbocycles. The van der Waals surface area contributed by atoms with Crippen molar-refractivity contribution < 1.29 is 9.59 Å². The lowest BCUT2D eigenvalue weighted by Crippen LogP contribution is -2.30. The molecule has 0 aliphatic carbocycles. The Hall–Kier alpha value is -1.88. The number of carbonyl (C=O) groups is 2. The molecule has 0 bridgehead atoms. The van der Waals surface area contributed by atoms with Crippen LogP contribution < -0.4 is 16.4 Å². The van der Waals surface area contributed by atoms with Crippen LogP contribution >= 0.6 is 0 Å². The van der Waals surface area contributed by atoms with Crippen LogP contribution in [0.1, 0.15) is 44.0 Å². The third-order valence-corrected chi connectivity index (χ3v) is 2.98. The molecule has 0 atom stereocenters. The number of benzene rings is 1. The van der Waals surface area contributed by atoms with Crippen LogP contribution in [0.25, 0.3) is 0 Å². The lowest BCUT2D eigenvalue weighted by atomic mass is 9.90. The Morgan fingerprint density at radius 2 is 1.86 bits per heavy atom. The molecule has 21 heavy (non-hydrogen) atoms. The minimum absolute atomic E-state index is 0.0796. The van der Waals surface area contributed by atoms with Crippen LogP contribution in [0, 0.1) is 5.41 Å². The average molecular weight is 291 g/mol. The topological polar surface area (TPSA) is 84.2 Å². The molecule has 0 heterocycles. The molecule has 2 amide bonds. The first-order valence-electron chi connectivity index (χ1n) is 7.20. The molecule has 0 fully saturated rings. The molecular weight excluding hydrogens is 266 g/mol. The molecule has 1 aromatic rings. The van der Waals surface area contributed by atoms with Crippen LogP contribution in [0.5, 0.6) is 0 Å². The van der Waals surface area contributed by atoms with Crippen molar-refractivity contribution in [1.29, 1.82) is 0 Å². The van der Waals surface area contributed by atoms with E-state index >= 15 is 0 Å². The molecule has 0 aromatic heterocycles. The van der Waals surface area contributed by atoms with Gasteiger partial charge >= 0.3 is 0 Å². The molecule has 116 valence electrons. The largest absolute Gasteiger partial charge is 0.351 e. The summed E-state index contributed by atoms with van der Waals surface area (Å²) in [4.78, 5) is 24.0. The molecular formula is C16H25N3O2. The highest BCUT2D eigenvalue weighted by atomic mass is 16.2. The summed E-state index contributed by atoms with van der Waals surface area (Å²) in [6.45, 7) is 7.06. The normalized spacial score (nSPS) is 11.0. The molecule has 5 nitrogen and oxygen atoms in total. The lowest BCUT2D eigenvalue weighted by Gasteiger charge is -2.17. The number of hydrogen-bond acceptors (Lipinski definition) is 3. The summed E-state index contributed by atoms with van der Waals surface area (Å²) < 4.78 is 0. The molecule has 4 N–H and O–H groups in total. The summed E-state index contributed by atoms with van der Waals surface area (Å²) in [6, 6.07) is 6.97. The first-order chi connectivity index (χ1) is 9.83. The number of amides is 2. The van der Waals surface area contributed by atoms with Gasteiger partial charge in [0.15, 0.2) is 0 Å². The Morgan fingerprint density at radius 1 is 1.19 bits per heavy atom. The molecule has 0 spiro atoms. The zero-order chi connectivity index (χ0) is 15.9. The van der Waals surface area contributed by atoms with Crippen molar-refractivity contribution in [2.75, 3.05) is 18.4 Å². The third-order valence-electron chi connectivity index (χ3n) is 2.98. The Morgan fingerprint density at radius 3 is 2.48 bits per heavy atom. The Kier molecular flexibility index (Phi) is 6.37. The Balaban J connectivity index is 2.70. The highest BCUT2D eigenvalue weighted by molar-refractivity contribution is 6.03. The number of carbonyl (C=O) groups excluding carboxylic acids is 2. The van der Waals surface area contributed by atoms with Crippen molar-refractivity contribution in [3.05, 3.63) is 29.8 Å². The summed E-state index contributed by atoms with van der Waals surface area (Å²) in [5.74, 6) is -0.309. The maximum atomic E-state index is 12.0. The van der Waals surface area contributed by atoms with Gasteiger partial charge in [-0.05, 0) is 24.0 Å². The minimum atomic E-state index is -0.229. The number of anilines is 1. The van der Waals surface area contributed by atoms with E-state index in [1.807, 2.05) is 0 Å². The fourth-order valence-corrected chi connectivity index (χ4v) is 1.77. The van der Waals surface area contributed by atoms with Gasteiger partial charge in [-0.25, -0.2) is 0 Å². The quantitative estimate of drug-likeness (QED) is 0.750. The third kappa shape index (κ3) is 6.40. The van der Waals surface area contributed by atoms with Crippen molar-refractivity contribution in [1.82, 2.24) is 5.32 Å². The first-order valence-corrected chi connectivity index (χ1v) is 7.20. The monoisotopic (exact) mass is 291 g/mol. The van der Waals surface area contributed by atoms with Gasteiger partial charge in [-0.3, -0.25) is 9.59 Å². The fraction of sp³-hybridized carbons (Fsp3) is 0.500. The van der Waals surface area contributed by atoms with Gasteiger partial charge in [0.25, 0.3) is 5.91 Å². The van der Waals surface area contributed by atoms with E-state index in [-0.39, 0.29) is 17.2 Å². The van der Waals surface area contributed by atoms with E-state index < -0.39 is 0 Å². The van der Waals surface area contributed by atoms with Crippen molar-refractivity contribution in [2.24, 2.45) is 11.1 Å². The number of para-hydroxylation sites is 1. The number of nitrogens with two attached hydrogens (primary N) is 1. The van der Waals surface area contributed by atoms with Gasteiger partial charge in [0.1, 0.15) is 0 Å². The number of nitrogens with one attached hydrogen (secondary N) is 2. The molecule has 5 heteroatoms. The molecule has 0 unspecified atom stereocenters. The van der Waals surface area contributed by atoms with E-state index in [2.05, 4.69) is 31.4 Å². The molecule has 1 aromatic carbocycles. The second kappa shape index (κ2) is 7.78. The van der Waals surface area contributed by atoms with Crippen LogP contribution in [0.3, 0.4) is 0 Å². The van der Waals surface area contributed by atoms with Crippen LogP contribution in [0.2, 0.25) is 0 Å². The molecule has 1 rings (SSSR count). The van der Waals surface area contributed by atoms with Gasteiger partial charge in [-0.15, -0.1) is 0 Å². The summed E-state index contributed by atoms with van der Waals surface area (Å²) in [6.07, 6.45) is 1.22. The number of rotatable bonds is 6. The summed E-state index contributed by atoms with van der Waals surface area (Å²) >= 11 is 0. The highest BCUT2D eigenvalue weighted by Gasteiger charge is 2.15. The zero-order valence-electron chi connectivity index (χ0n) is 13.0. The van der Waals surface area contributed by atoms with Gasteiger partial charge in [0, 0.05) is 19.5 Å². The Bertz CT molecular complexity index is 493. The van der Waals surface area contributed by atoms with Crippen molar-refractivity contribution in [2.45, 2.75) is 33.6 Å². The lowest BCUT2D eigenvalue weighted by molar-refractivity contribution is -0.116. The summed E-state index contributed by atoms with van der Waals surface area (Å²) in [5, 5.41) is 5.51. The van der Waals surface area contributed by atoms with Crippen LogP contribution in [-0.2, 0) is 4.79 Å². The second-order valence-electron chi connectivity index (χ2n) is 6.20. The van der Waals surface area contributed by atoms with Gasteiger partial charge in [0.2, 0.25) is 5.91 Å². The van der Waals surface area contributed by atoms with Gasteiger partial charge in [0.05, 0.1) is 11.3 Å². The number of hydrogen-bond donors (Lipinski definition) is 3. The first kappa shape index (κ1) is 17.2. The van der Waals surface area contributed by atoms with E-state index in [0.717, 1.165) is 6.42 Å². The van der Waals surface area contributed by atoms with Crippen molar-refractivity contribution in [3.8, 4) is 0 Å². The molecule has 0 aliphatic rings. The van der Waals surface area contributed by atoms with Gasteiger partial charge < -0.3 is 16.4 Å². The van der Waals surface area contributed by atoms with Crippen LogP contribution in [0.4, 0.5) is 5.69 Å². The fourth-order valence-electron chi connectivity index (χ4n) is 1.77. The maximum absolute atomic E-state index is 12.0. The molecule has 0 radical (unpaired) electrons. The van der Waals surface area contributed by atoms with Gasteiger partial charge in [-0.2, -0.15) is 0 Å². The van der Waals surface area contributed by atoms with Crippen molar-refractivity contribution in [3.63, 3.8) is 0 Å². The Labute approximate surface area is 126 Å². The predicted molar refractivity (Wildman–Crippen MR) is 85.1 cm³/mol. The standard InChI is InChI=1S/C16H25N3O2/c1-16(2,3)9-8-14(20)19-13-7-5-4-6-12(13)15(21)18-11-10-17/h4-7H,8-11,17H2,1-3H3,(H,18,21)(H,19,20). The van der Waals surface area contributed by atoms with Crippen LogP contribution in [-0.4, -0.2) is 24.9 Å².